The lowest BCUT2D eigenvalue weighted by Crippen LogP contribution is -2.01. The highest BCUT2D eigenvalue weighted by molar-refractivity contribution is 6.13. The van der Waals surface area contributed by atoms with Gasteiger partial charge in [-0.1, -0.05) is 145 Å². The molecule has 0 aliphatic heterocycles. The Morgan fingerprint density at radius 2 is 0.720 bits per heavy atom. The van der Waals surface area contributed by atoms with Crippen LogP contribution >= 0.6 is 0 Å². The van der Waals surface area contributed by atoms with Gasteiger partial charge in [0.2, 0.25) is 0 Å². The van der Waals surface area contributed by atoms with E-state index < -0.39 is 24.2 Å². The topological polar surface area (TPSA) is 9.86 Å². The fourth-order valence-corrected chi connectivity index (χ4v) is 7.36. The molecule has 0 bridgehead atoms. The highest BCUT2D eigenvalue weighted by Crippen LogP contribution is 2.42. The van der Waals surface area contributed by atoms with E-state index >= 15 is 0 Å². The third-order valence-corrected chi connectivity index (χ3v) is 9.59. The van der Waals surface area contributed by atoms with Crippen molar-refractivity contribution in [3.05, 3.63) is 194 Å². The van der Waals surface area contributed by atoms with Gasteiger partial charge in [0.15, 0.2) is 0 Å². The van der Waals surface area contributed by atoms with Gasteiger partial charge in [0.05, 0.1) is 44.4 Å². The standard InChI is InChI=1S/C48H32N2/c1-3-15-33(16-4-1)35-27-29-47-41(31-35)42-32-36(34-17-5-2-6-18-34)28-30-48(42)50(47)46-26-14-10-22-40(46)39-21-9-13-25-45(39)49-43-23-11-7-19-37(43)38-20-8-12-24-44(38)49/h1-32H/i7D,8D,11D,12D,19D,20D,23D,24D. The lowest BCUT2D eigenvalue weighted by atomic mass is 10.0. The second-order valence-corrected chi connectivity index (χ2v) is 12.3. The molecular weight excluding hydrogens is 605 g/mol. The van der Waals surface area contributed by atoms with Crippen molar-refractivity contribution in [1.82, 2.24) is 9.13 Å². The van der Waals surface area contributed by atoms with E-state index in [0.717, 1.165) is 55.3 Å². The normalized spacial score (nSPS) is 13.8. The van der Waals surface area contributed by atoms with E-state index in [0.29, 0.717) is 11.3 Å². The van der Waals surface area contributed by atoms with Crippen LogP contribution in [0.5, 0.6) is 0 Å². The van der Waals surface area contributed by atoms with Gasteiger partial charge in [0, 0.05) is 32.7 Å². The van der Waals surface area contributed by atoms with E-state index in [4.69, 9.17) is 11.0 Å². The van der Waals surface area contributed by atoms with Gasteiger partial charge in [-0.2, -0.15) is 0 Å². The summed E-state index contributed by atoms with van der Waals surface area (Å²) in [6, 6.07) is 46.0. The number of para-hydroxylation sites is 4. The van der Waals surface area contributed by atoms with Crippen LogP contribution in [-0.4, -0.2) is 9.13 Å². The van der Waals surface area contributed by atoms with E-state index in [2.05, 4.69) is 71.3 Å². The van der Waals surface area contributed by atoms with Crippen LogP contribution in [-0.2, 0) is 0 Å². The Morgan fingerprint density at radius 3 is 1.20 bits per heavy atom. The molecule has 2 heterocycles. The van der Waals surface area contributed by atoms with Gasteiger partial charge >= 0.3 is 0 Å². The minimum atomic E-state index is -0.472. The van der Waals surface area contributed by atoms with Crippen LogP contribution in [0.2, 0.25) is 0 Å². The van der Waals surface area contributed by atoms with Crippen molar-refractivity contribution in [2.75, 3.05) is 0 Å². The second-order valence-electron chi connectivity index (χ2n) is 12.3. The average molecular weight is 645 g/mol. The third kappa shape index (κ3) is 4.43. The molecule has 0 saturated heterocycles. The maximum atomic E-state index is 9.14. The zero-order valence-electron chi connectivity index (χ0n) is 34.8. The molecule has 0 saturated carbocycles. The summed E-state index contributed by atoms with van der Waals surface area (Å²) in [5.41, 5.74) is 9.43. The number of nitrogens with zero attached hydrogens (tertiary/aromatic N) is 2. The summed E-state index contributed by atoms with van der Waals surface area (Å²) in [4.78, 5) is 0. The Kier molecular flexibility index (Phi) is 4.91. The van der Waals surface area contributed by atoms with Crippen LogP contribution in [0.3, 0.4) is 0 Å². The molecule has 0 radical (unpaired) electrons. The van der Waals surface area contributed by atoms with Crippen molar-refractivity contribution in [3.8, 4) is 44.8 Å². The molecule has 0 aliphatic rings. The number of hydrogen-bond acceptors (Lipinski definition) is 0. The number of hydrogen-bond donors (Lipinski definition) is 0. The van der Waals surface area contributed by atoms with Crippen molar-refractivity contribution >= 4 is 43.6 Å². The van der Waals surface area contributed by atoms with Gasteiger partial charge in [-0.25, -0.2) is 0 Å². The van der Waals surface area contributed by atoms with E-state index in [-0.39, 0.29) is 46.0 Å². The maximum Gasteiger partial charge on any atom is 0.0645 e. The maximum absolute atomic E-state index is 9.14. The largest absolute Gasteiger partial charge is 0.309 e. The Hall–Kier alpha value is -6.64. The first-order chi connectivity index (χ1) is 28.2. The molecule has 10 aromatic rings. The Labute approximate surface area is 302 Å². The molecule has 0 aliphatic carbocycles. The van der Waals surface area contributed by atoms with E-state index in [1.807, 2.05) is 78.9 Å². The molecule has 0 fully saturated rings. The highest BCUT2D eigenvalue weighted by Gasteiger charge is 2.20. The van der Waals surface area contributed by atoms with Gasteiger partial charge in [-0.15, -0.1) is 0 Å². The van der Waals surface area contributed by atoms with Crippen molar-refractivity contribution in [2.24, 2.45) is 0 Å². The number of fused-ring (bicyclic) bond motifs is 6. The summed E-state index contributed by atoms with van der Waals surface area (Å²) in [6.45, 7) is 0. The smallest absolute Gasteiger partial charge is 0.0645 e. The summed E-state index contributed by atoms with van der Waals surface area (Å²) in [6.07, 6.45) is 0. The molecule has 0 N–H and O–H groups in total. The lowest BCUT2D eigenvalue weighted by molar-refractivity contribution is 1.16. The first kappa shape index (κ1) is 21.4. The predicted molar refractivity (Wildman–Crippen MR) is 211 cm³/mol. The number of rotatable bonds is 5. The zero-order valence-corrected chi connectivity index (χ0v) is 26.8. The number of benzene rings is 8. The molecule has 0 unspecified atom stereocenters. The average Bonchev–Trinajstić information content (AvgIpc) is 3.80. The van der Waals surface area contributed by atoms with Crippen molar-refractivity contribution < 1.29 is 11.0 Å². The van der Waals surface area contributed by atoms with Crippen LogP contribution in [0.25, 0.3) is 88.4 Å². The Bertz CT molecular complexity index is 3140. The highest BCUT2D eigenvalue weighted by atomic mass is 15.0. The van der Waals surface area contributed by atoms with Gasteiger partial charge in [0.1, 0.15) is 0 Å². The first-order valence-corrected chi connectivity index (χ1v) is 16.5. The minimum absolute atomic E-state index is 0.0435. The van der Waals surface area contributed by atoms with Crippen LogP contribution in [0.15, 0.2) is 194 Å². The van der Waals surface area contributed by atoms with E-state index in [1.165, 1.54) is 0 Å². The Morgan fingerprint density at radius 1 is 0.320 bits per heavy atom. The summed E-state index contributed by atoms with van der Waals surface area (Å²) >= 11 is 0. The van der Waals surface area contributed by atoms with Gasteiger partial charge in [0.25, 0.3) is 0 Å². The van der Waals surface area contributed by atoms with Gasteiger partial charge in [-0.05, 0) is 70.7 Å². The summed E-state index contributed by atoms with van der Waals surface area (Å²) in [5, 5.41) is 2.24. The SMILES string of the molecule is [2H]c1c([2H])c([2H])c2c(c1[2H])c1c([2H])c([2H])c([2H])c([2H])c1n2-c1ccccc1-c1ccccc1-n1c2ccc(-c3ccccc3)cc2c2cc(-c3ccccc3)ccc21. The molecule has 2 nitrogen and oxygen atoms in total. The van der Waals surface area contributed by atoms with Gasteiger partial charge in [-0.3, -0.25) is 0 Å². The monoisotopic (exact) mass is 644 g/mol. The fourth-order valence-electron chi connectivity index (χ4n) is 7.36. The van der Waals surface area contributed by atoms with Crippen molar-refractivity contribution in [1.29, 1.82) is 0 Å². The molecule has 0 spiro atoms. The van der Waals surface area contributed by atoms with Gasteiger partial charge < -0.3 is 9.13 Å². The van der Waals surface area contributed by atoms with Crippen LogP contribution < -0.4 is 0 Å². The van der Waals surface area contributed by atoms with Crippen LogP contribution in [0, 0.1) is 0 Å². The van der Waals surface area contributed by atoms with Crippen molar-refractivity contribution in [3.63, 3.8) is 0 Å². The third-order valence-electron chi connectivity index (χ3n) is 9.59. The zero-order chi connectivity index (χ0) is 40.0. The lowest BCUT2D eigenvalue weighted by Gasteiger charge is -2.18. The summed E-state index contributed by atoms with van der Waals surface area (Å²) in [5.74, 6) is 0. The molecule has 2 aromatic heterocycles. The molecule has 10 rings (SSSR count). The summed E-state index contributed by atoms with van der Waals surface area (Å²) < 4.78 is 74.4. The quantitative estimate of drug-likeness (QED) is 0.176. The first-order valence-electron chi connectivity index (χ1n) is 20.5. The van der Waals surface area contributed by atoms with E-state index in [9.17, 15) is 0 Å². The fraction of sp³-hybridized carbons (Fsp3) is 0. The second kappa shape index (κ2) is 11.5. The molecule has 0 amide bonds. The molecule has 8 aromatic carbocycles. The van der Waals surface area contributed by atoms with Crippen LogP contribution in [0.4, 0.5) is 0 Å². The molecule has 234 valence electrons. The molecule has 0 atom stereocenters. The van der Waals surface area contributed by atoms with Crippen molar-refractivity contribution in [2.45, 2.75) is 0 Å². The minimum Gasteiger partial charge on any atom is -0.309 e. The number of aromatic nitrogens is 2. The molecule has 2 heteroatoms. The summed E-state index contributed by atoms with van der Waals surface area (Å²) in [7, 11) is 0. The van der Waals surface area contributed by atoms with E-state index in [1.54, 1.807) is 4.57 Å². The van der Waals surface area contributed by atoms with Crippen LogP contribution in [0.1, 0.15) is 11.0 Å². The predicted octanol–water partition coefficient (Wildman–Crippen LogP) is 12.9. The molecule has 50 heavy (non-hydrogen) atoms. The Balaban J connectivity index is 1.29. The molecular formula is C48H32N2.